The molecule has 144 valence electrons. The highest BCUT2D eigenvalue weighted by Crippen LogP contribution is 2.19. The number of hydrogen-bond acceptors (Lipinski definition) is 5. The van der Waals surface area contributed by atoms with Crippen LogP contribution in [0.15, 0.2) is 30.3 Å². The molecule has 1 saturated heterocycles. The fourth-order valence-electron chi connectivity index (χ4n) is 2.75. The van der Waals surface area contributed by atoms with Gasteiger partial charge in [-0.05, 0) is 33.3 Å². The van der Waals surface area contributed by atoms with E-state index in [1.165, 1.54) is 9.80 Å². The number of nitrogens with zero attached hydrogens (tertiary/aromatic N) is 2. The van der Waals surface area contributed by atoms with E-state index in [1.54, 1.807) is 27.7 Å². The average Bonchev–Trinajstić information content (AvgIpc) is 2.58. The first kappa shape index (κ1) is 20.0. The number of piperazine rings is 1. The minimum atomic E-state index is -0.799. The topological polar surface area (TPSA) is 79.3 Å². The van der Waals surface area contributed by atoms with Crippen LogP contribution < -0.4 is 0 Å². The third-order valence-electron chi connectivity index (χ3n) is 4.07. The van der Waals surface area contributed by atoms with Crippen molar-refractivity contribution < 1.29 is 24.2 Å². The van der Waals surface area contributed by atoms with Crippen LogP contribution in [0.4, 0.5) is 9.59 Å². The molecule has 1 heterocycles. The fraction of sp³-hybridized carbons (Fsp3) is 0.579. The number of carbonyl (C=O) groups excluding carboxylic acids is 2. The molecule has 2 atom stereocenters. The van der Waals surface area contributed by atoms with Gasteiger partial charge in [-0.3, -0.25) is 4.90 Å². The van der Waals surface area contributed by atoms with Crippen LogP contribution in [0, 0.1) is 0 Å². The van der Waals surface area contributed by atoms with Gasteiger partial charge in [0.25, 0.3) is 0 Å². The Balaban J connectivity index is 1.95. The van der Waals surface area contributed by atoms with Gasteiger partial charge >= 0.3 is 12.2 Å². The van der Waals surface area contributed by atoms with Gasteiger partial charge in [0, 0.05) is 19.6 Å². The maximum atomic E-state index is 12.4. The molecule has 1 aromatic carbocycles. The predicted molar refractivity (Wildman–Crippen MR) is 96.6 cm³/mol. The Kier molecular flexibility index (Phi) is 6.47. The van der Waals surface area contributed by atoms with E-state index in [2.05, 4.69) is 0 Å². The van der Waals surface area contributed by atoms with E-state index in [0.717, 1.165) is 5.56 Å². The van der Waals surface area contributed by atoms with Crippen LogP contribution in [0.5, 0.6) is 0 Å². The van der Waals surface area contributed by atoms with Gasteiger partial charge in [-0.1, -0.05) is 30.3 Å². The molecule has 0 unspecified atom stereocenters. The van der Waals surface area contributed by atoms with Gasteiger partial charge in [-0.15, -0.1) is 0 Å². The lowest BCUT2D eigenvalue weighted by Crippen LogP contribution is -2.60. The molecule has 0 bridgehead atoms. The Hall–Kier alpha value is -2.28. The molecule has 0 saturated carbocycles. The number of rotatable bonds is 3. The third-order valence-corrected chi connectivity index (χ3v) is 4.07. The molecule has 2 rings (SSSR count). The molecule has 0 aliphatic carbocycles. The number of ether oxygens (including phenoxy) is 2. The summed E-state index contributed by atoms with van der Waals surface area (Å²) in [5.74, 6) is 0. The van der Waals surface area contributed by atoms with Crippen LogP contribution in [-0.4, -0.2) is 64.5 Å². The van der Waals surface area contributed by atoms with Crippen molar-refractivity contribution in [3.63, 3.8) is 0 Å². The SMILES string of the molecule is C[C@@H](O)[C@H]1CN(C(=O)OCc2ccccc2)CCN1C(=O)OC(C)(C)C. The zero-order valence-electron chi connectivity index (χ0n) is 15.8. The third kappa shape index (κ3) is 5.62. The highest BCUT2D eigenvalue weighted by atomic mass is 16.6. The van der Waals surface area contributed by atoms with Crippen molar-refractivity contribution in [2.75, 3.05) is 19.6 Å². The summed E-state index contributed by atoms with van der Waals surface area (Å²) in [6, 6.07) is 8.88. The lowest BCUT2D eigenvalue weighted by Gasteiger charge is -2.42. The first-order valence-electron chi connectivity index (χ1n) is 8.80. The number of amides is 2. The largest absolute Gasteiger partial charge is 0.445 e. The average molecular weight is 364 g/mol. The van der Waals surface area contributed by atoms with Gasteiger partial charge in [-0.2, -0.15) is 0 Å². The molecule has 1 fully saturated rings. The summed E-state index contributed by atoms with van der Waals surface area (Å²) < 4.78 is 10.7. The van der Waals surface area contributed by atoms with Gasteiger partial charge in [0.1, 0.15) is 12.2 Å². The molecule has 7 heteroatoms. The first-order valence-corrected chi connectivity index (χ1v) is 8.80. The van der Waals surface area contributed by atoms with Gasteiger partial charge < -0.3 is 19.5 Å². The zero-order chi connectivity index (χ0) is 19.3. The normalized spacial score (nSPS) is 19.0. The second kappa shape index (κ2) is 8.40. The quantitative estimate of drug-likeness (QED) is 0.892. The number of aliphatic hydroxyl groups is 1. The van der Waals surface area contributed by atoms with E-state index in [9.17, 15) is 14.7 Å². The molecule has 0 spiro atoms. The first-order chi connectivity index (χ1) is 12.2. The second-order valence-electron chi connectivity index (χ2n) is 7.47. The fourth-order valence-corrected chi connectivity index (χ4v) is 2.75. The minimum absolute atomic E-state index is 0.186. The standard InChI is InChI=1S/C19H28N2O5/c1-14(22)16-12-20(10-11-21(16)18(24)26-19(2,3)4)17(23)25-13-15-8-6-5-7-9-15/h5-9,14,16,22H,10-13H2,1-4H3/t14-,16-/m1/s1. The van der Waals surface area contributed by atoms with Crippen LogP contribution >= 0.6 is 0 Å². The van der Waals surface area contributed by atoms with Gasteiger partial charge in [0.05, 0.1) is 12.1 Å². The molecule has 1 aliphatic rings. The van der Waals surface area contributed by atoms with Crippen molar-refractivity contribution in [3.05, 3.63) is 35.9 Å². The molecule has 1 aliphatic heterocycles. The van der Waals surface area contributed by atoms with Crippen LogP contribution in [-0.2, 0) is 16.1 Å². The summed E-state index contributed by atoms with van der Waals surface area (Å²) in [5, 5.41) is 10.1. The van der Waals surface area contributed by atoms with Gasteiger partial charge in [0.15, 0.2) is 0 Å². The highest BCUT2D eigenvalue weighted by Gasteiger charge is 2.37. The number of hydrogen-bond donors (Lipinski definition) is 1. The van der Waals surface area contributed by atoms with Crippen molar-refractivity contribution in [1.82, 2.24) is 9.80 Å². The Bertz CT molecular complexity index is 612. The van der Waals surface area contributed by atoms with E-state index >= 15 is 0 Å². The van der Waals surface area contributed by atoms with E-state index < -0.39 is 29.9 Å². The Morgan fingerprint density at radius 3 is 2.42 bits per heavy atom. The summed E-state index contributed by atoms with van der Waals surface area (Å²) >= 11 is 0. The van der Waals surface area contributed by atoms with Crippen molar-refractivity contribution in [2.24, 2.45) is 0 Å². The monoisotopic (exact) mass is 364 g/mol. The Labute approximate surface area is 154 Å². The number of aliphatic hydroxyl groups excluding tert-OH is 1. The van der Waals surface area contributed by atoms with Gasteiger partial charge in [0.2, 0.25) is 0 Å². The molecule has 0 aromatic heterocycles. The van der Waals surface area contributed by atoms with E-state index in [4.69, 9.17) is 9.47 Å². The summed E-state index contributed by atoms with van der Waals surface area (Å²) in [7, 11) is 0. The van der Waals surface area contributed by atoms with Gasteiger partial charge in [-0.25, -0.2) is 9.59 Å². The Morgan fingerprint density at radius 1 is 1.19 bits per heavy atom. The van der Waals surface area contributed by atoms with E-state index in [1.807, 2.05) is 30.3 Å². The van der Waals surface area contributed by atoms with Crippen molar-refractivity contribution in [1.29, 1.82) is 0 Å². The van der Waals surface area contributed by atoms with Crippen LogP contribution in [0.3, 0.4) is 0 Å². The zero-order valence-corrected chi connectivity index (χ0v) is 15.8. The van der Waals surface area contributed by atoms with Crippen LogP contribution in [0.25, 0.3) is 0 Å². The van der Waals surface area contributed by atoms with Crippen molar-refractivity contribution in [2.45, 2.75) is 52.0 Å². The van der Waals surface area contributed by atoms with E-state index in [-0.39, 0.29) is 19.7 Å². The predicted octanol–water partition coefficient (Wildman–Crippen LogP) is 2.63. The molecule has 1 aromatic rings. The molecule has 26 heavy (non-hydrogen) atoms. The van der Waals surface area contributed by atoms with Crippen LogP contribution in [0.1, 0.15) is 33.3 Å². The molecule has 2 amide bonds. The maximum Gasteiger partial charge on any atom is 0.410 e. The summed E-state index contributed by atoms with van der Waals surface area (Å²) in [5.41, 5.74) is 0.284. The highest BCUT2D eigenvalue weighted by molar-refractivity contribution is 5.71. The summed E-state index contributed by atoms with van der Waals surface area (Å²) in [6.07, 6.45) is -1.74. The lowest BCUT2D eigenvalue weighted by molar-refractivity contribution is -0.0282. The molecule has 0 radical (unpaired) electrons. The molecular weight excluding hydrogens is 336 g/mol. The van der Waals surface area contributed by atoms with Crippen LogP contribution in [0.2, 0.25) is 0 Å². The molecule has 7 nitrogen and oxygen atoms in total. The maximum absolute atomic E-state index is 12.4. The molecular formula is C19H28N2O5. The van der Waals surface area contributed by atoms with Crippen molar-refractivity contribution in [3.8, 4) is 0 Å². The lowest BCUT2D eigenvalue weighted by atomic mass is 10.1. The summed E-state index contributed by atoms with van der Waals surface area (Å²) in [6.45, 7) is 7.97. The van der Waals surface area contributed by atoms with E-state index in [0.29, 0.717) is 6.54 Å². The minimum Gasteiger partial charge on any atom is -0.445 e. The summed E-state index contributed by atoms with van der Waals surface area (Å²) in [4.78, 5) is 27.7. The molecule has 1 N–H and O–H groups in total. The second-order valence-corrected chi connectivity index (χ2v) is 7.47. The number of carbonyl (C=O) groups is 2. The Morgan fingerprint density at radius 2 is 1.85 bits per heavy atom. The number of benzene rings is 1. The van der Waals surface area contributed by atoms with Crippen molar-refractivity contribution >= 4 is 12.2 Å². The smallest absolute Gasteiger partial charge is 0.410 e.